The standard InChI is InChI=1S/C12H15O6P/c1-16-12(14)10-6-4-5-9(7-10)11(13)8-19(15,17-2)18-3/h4-7H,8H2,1-3H3. The van der Waals surface area contributed by atoms with Gasteiger partial charge in [-0.1, -0.05) is 12.1 Å². The number of ether oxygens (including phenoxy) is 1. The molecule has 0 aliphatic carbocycles. The molecule has 104 valence electrons. The Labute approximate surface area is 111 Å². The summed E-state index contributed by atoms with van der Waals surface area (Å²) in [5, 5.41) is 0. The van der Waals surface area contributed by atoms with E-state index >= 15 is 0 Å². The predicted molar refractivity (Wildman–Crippen MR) is 68.6 cm³/mol. The normalized spacial score (nSPS) is 11.1. The second-order valence-corrected chi connectivity index (χ2v) is 5.90. The Balaban J connectivity index is 2.95. The predicted octanol–water partition coefficient (Wildman–Crippen LogP) is 2.14. The van der Waals surface area contributed by atoms with Crippen LogP contribution in [0.25, 0.3) is 0 Å². The SMILES string of the molecule is COC(=O)c1cccc(C(=O)CP(=O)(OC)OC)c1. The van der Waals surface area contributed by atoms with Crippen molar-refractivity contribution in [1.29, 1.82) is 0 Å². The first kappa shape index (κ1) is 15.6. The maximum absolute atomic E-state index is 12.0. The number of ketones is 1. The van der Waals surface area contributed by atoms with Gasteiger partial charge in [0.05, 0.1) is 12.7 Å². The van der Waals surface area contributed by atoms with Crippen molar-refractivity contribution in [3.05, 3.63) is 35.4 Å². The van der Waals surface area contributed by atoms with Gasteiger partial charge < -0.3 is 13.8 Å². The zero-order valence-electron chi connectivity index (χ0n) is 10.9. The Hall–Kier alpha value is -1.49. The van der Waals surface area contributed by atoms with Gasteiger partial charge in [-0.15, -0.1) is 0 Å². The van der Waals surface area contributed by atoms with Crippen LogP contribution in [-0.4, -0.2) is 39.2 Å². The van der Waals surface area contributed by atoms with E-state index in [4.69, 9.17) is 9.05 Å². The third-order valence-corrected chi connectivity index (χ3v) is 4.29. The number of esters is 1. The lowest BCUT2D eigenvalue weighted by atomic mass is 10.1. The van der Waals surface area contributed by atoms with E-state index in [1.165, 1.54) is 39.5 Å². The summed E-state index contributed by atoms with van der Waals surface area (Å²) in [5.74, 6) is -0.978. The van der Waals surface area contributed by atoms with Crippen LogP contribution in [0.15, 0.2) is 24.3 Å². The van der Waals surface area contributed by atoms with Crippen LogP contribution in [0.1, 0.15) is 20.7 Å². The first-order valence-corrected chi connectivity index (χ1v) is 7.10. The molecule has 0 amide bonds. The van der Waals surface area contributed by atoms with Crippen LogP contribution in [0.5, 0.6) is 0 Å². The van der Waals surface area contributed by atoms with Gasteiger partial charge in [0, 0.05) is 19.8 Å². The van der Waals surface area contributed by atoms with Crippen LogP contribution in [0.4, 0.5) is 0 Å². The van der Waals surface area contributed by atoms with E-state index in [1.807, 2.05) is 0 Å². The van der Waals surface area contributed by atoms with Gasteiger partial charge >= 0.3 is 13.6 Å². The highest BCUT2D eigenvalue weighted by Crippen LogP contribution is 2.46. The van der Waals surface area contributed by atoms with Crippen LogP contribution >= 0.6 is 7.60 Å². The molecule has 0 heterocycles. The number of methoxy groups -OCH3 is 1. The van der Waals surface area contributed by atoms with Gasteiger partial charge in [0.15, 0.2) is 5.78 Å². The monoisotopic (exact) mass is 286 g/mol. The molecule has 0 aliphatic rings. The van der Waals surface area contributed by atoms with Gasteiger partial charge in [0.2, 0.25) is 0 Å². The molecule has 6 nitrogen and oxygen atoms in total. The molecule has 1 rings (SSSR count). The van der Waals surface area contributed by atoms with Gasteiger partial charge in [0.1, 0.15) is 6.16 Å². The Morgan fingerprint density at radius 1 is 1.11 bits per heavy atom. The van der Waals surface area contributed by atoms with Crippen LogP contribution in [0.2, 0.25) is 0 Å². The topological polar surface area (TPSA) is 78.9 Å². The molecule has 0 unspecified atom stereocenters. The highest BCUT2D eigenvalue weighted by Gasteiger charge is 2.26. The summed E-state index contributed by atoms with van der Waals surface area (Å²) >= 11 is 0. The number of benzene rings is 1. The van der Waals surface area contributed by atoms with Gasteiger partial charge in [-0.2, -0.15) is 0 Å². The number of hydrogen-bond donors (Lipinski definition) is 0. The largest absolute Gasteiger partial charge is 0.465 e. The zero-order valence-corrected chi connectivity index (χ0v) is 11.8. The van der Waals surface area contributed by atoms with Crippen LogP contribution in [0, 0.1) is 0 Å². The van der Waals surface area contributed by atoms with Crippen molar-refractivity contribution >= 4 is 19.3 Å². The fourth-order valence-corrected chi connectivity index (χ4v) is 2.35. The summed E-state index contributed by atoms with van der Waals surface area (Å²) in [5.41, 5.74) is 0.496. The minimum atomic E-state index is -3.41. The van der Waals surface area contributed by atoms with Gasteiger partial charge in [-0.05, 0) is 12.1 Å². The molecular formula is C12H15O6P. The summed E-state index contributed by atoms with van der Waals surface area (Å²) in [6.07, 6.45) is -0.384. The van der Waals surface area contributed by atoms with Gasteiger partial charge in [-0.25, -0.2) is 4.79 Å². The quantitative estimate of drug-likeness (QED) is 0.453. The minimum Gasteiger partial charge on any atom is -0.465 e. The molecule has 0 aromatic heterocycles. The van der Waals surface area contributed by atoms with Crippen molar-refractivity contribution < 1.29 is 27.9 Å². The van der Waals surface area contributed by atoms with E-state index < -0.39 is 19.3 Å². The molecule has 0 N–H and O–H groups in total. The molecule has 19 heavy (non-hydrogen) atoms. The number of hydrogen-bond acceptors (Lipinski definition) is 6. The summed E-state index contributed by atoms with van der Waals surface area (Å²) in [7, 11) is 0.258. The molecule has 1 aromatic carbocycles. The van der Waals surface area contributed by atoms with Crippen LogP contribution < -0.4 is 0 Å². The number of Topliss-reactive ketones (excluding diaryl/α,β-unsaturated/α-hetero) is 1. The molecule has 0 radical (unpaired) electrons. The lowest BCUT2D eigenvalue weighted by Gasteiger charge is -2.12. The fourth-order valence-electron chi connectivity index (χ4n) is 1.41. The first-order chi connectivity index (χ1) is 8.95. The highest BCUT2D eigenvalue weighted by atomic mass is 31.2. The summed E-state index contributed by atoms with van der Waals surface area (Å²) < 4.78 is 25.8. The molecule has 0 bridgehead atoms. The summed E-state index contributed by atoms with van der Waals surface area (Å²) in [6.45, 7) is 0. The number of rotatable bonds is 6. The summed E-state index contributed by atoms with van der Waals surface area (Å²) in [4.78, 5) is 23.3. The summed E-state index contributed by atoms with van der Waals surface area (Å²) in [6, 6.07) is 5.97. The van der Waals surface area contributed by atoms with Crippen molar-refractivity contribution in [3.8, 4) is 0 Å². The van der Waals surface area contributed by atoms with E-state index in [0.29, 0.717) is 0 Å². The van der Waals surface area contributed by atoms with E-state index in [9.17, 15) is 14.2 Å². The van der Waals surface area contributed by atoms with Gasteiger partial charge in [-0.3, -0.25) is 9.36 Å². The molecular weight excluding hydrogens is 271 g/mol. The Kier molecular flexibility index (Phi) is 5.42. The van der Waals surface area contributed by atoms with E-state index in [0.717, 1.165) is 0 Å². The second kappa shape index (κ2) is 6.61. The van der Waals surface area contributed by atoms with Crippen molar-refractivity contribution in [2.45, 2.75) is 0 Å². The van der Waals surface area contributed by atoms with Crippen molar-refractivity contribution in [1.82, 2.24) is 0 Å². The highest BCUT2D eigenvalue weighted by molar-refractivity contribution is 7.54. The molecule has 1 aromatic rings. The lowest BCUT2D eigenvalue weighted by Crippen LogP contribution is -2.10. The van der Waals surface area contributed by atoms with Crippen molar-refractivity contribution in [3.63, 3.8) is 0 Å². The Morgan fingerprint density at radius 3 is 2.21 bits per heavy atom. The smallest absolute Gasteiger partial charge is 0.337 e. The van der Waals surface area contributed by atoms with Crippen LogP contribution in [-0.2, 0) is 18.3 Å². The minimum absolute atomic E-state index is 0.247. The first-order valence-electron chi connectivity index (χ1n) is 5.38. The number of carbonyl (C=O) groups excluding carboxylic acids is 2. The molecule has 0 spiro atoms. The Morgan fingerprint density at radius 2 is 1.68 bits per heavy atom. The van der Waals surface area contributed by atoms with Gasteiger partial charge in [0.25, 0.3) is 0 Å². The number of carbonyl (C=O) groups is 2. The van der Waals surface area contributed by atoms with E-state index in [1.54, 1.807) is 6.07 Å². The zero-order chi connectivity index (χ0) is 14.5. The maximum Gasteiger partial charge on any atom is 0.337 e. The van der Waals surface area contributed by atoms with Crippen LogP contribution in [0.3, 0.4) is 0 Å². The molecule has 0 atom stereocenters. The third-order valence-electron chi connectivity index (χ3n) is 2.50. The molecule has 0 fully saturated rings. The second-order valence-electron chi connectivity index (χ2n) is 3.63. The van der Waals surface area contributed by atoms with E-state index in [2.05, 4.69) is 4.74 Å². The average molecular weight is 286 g/mol. The van der Waals surface area contributed by atoms with Crippen molar-refractivity contribution in [2.24, 2.45) is 0 Å². The lowest BCUT2D eigenvalue weighted by molar-refractivity contribution is 0.0600. The molecule has 0 saturated heterocycles. The Bertz CT molecular complexity index is 517. The average Bonchev–Trinajstić information content (AvgIpc) is 2.46. The fraction of sp³-hybridized carbons (Fsp3) is 0.333. The molecule has 0 saturated carbocycles. The maximum atomic E-state index is 12.0. The third kappa shape index (κ3) is 3.99. The van der Waals surface area contributed by atoms with E-state index in [-0.39, 0.29) is 17.3 Å². The van der Waals surface area contributed by atoms with Crippen molar-refractivity contribution in [2.75, 3.05) is 27.5 Å². The molecule has 7 heteroatoms. The molecule has 0 aliphatic heterocycles.